The predicted molar refractivity (Wildman–Crippen MR) is 84.9 cm³/mol. The number of amides is 1. The van der Waals surface area contributed by atoms with E-state index >= 15 is 0 Å². The van der Waals surface area contributed by atoms with E-state index in [1.54, 1.807) is 0 Å². The first-order chi connectivity index (χ1) is 9.97. The van der Waals surface area contributed by atoms with Crippen LogP contribution in [0.3, 0.4) is 0 Å². The summed E-state index contributed by atoms with van der Waals surface area (Å²) in [6.07, 6.45) is 2.05. The molecule has 0 bridgehead atoms. The Hall–Kier alpha value is -1.35. The number of hydrogen-bond acceptors (Lipinski definition) is 2. The molecule has 1 aromatic rings. The highest BCUT2D eigenvalue weighted by Crippen LogP contribution is 2.26. The molecule has 1 heterocycles. The molecule has 2 unspecified atom stereocenters. The maximum absolute atomic E-state index is 12.2. The van der Waals surface area contributed by atoms with Gasteiger partial charge in [0, 0.05) is 13.0 Å². The molecule has 0 radical (unpaired) electrons. The molecule has 1 aliphatic heterocycles. The van der Waals surface area contributed by atoms with Crippen molar-refractivity contribution < 1.29 is 9.90 Å². The molecule has 1 saturated heterocycles. The van der Waals surface area contributed by atoms with Gasteiger partial charge in [-0.3, -0.25) is 4.79 Å². The van der Waals surface area contributed by atoms with E-state index in [-0.39, 0.29) is 5.91 Å². The van der Waals surface area contributed by atoms with Gasteiger partial charge < -0.3 is 10.0 Å². The van der Waals surface area contributed by atoms with Gasteiger partial charge in [-0.05, 0) is 37.2 Å². The van der Waals surface area contributed by atoms with Crippen molar-refractivity contribution in [2.75, 3.05) is 13.1 Å². The molecule has 116 valence electrons. The van der Waals surface area contributed by atoms with Crippen LogP contribution in [-0.4, -0.2) is 29.0 Å². The minimum atomic E-state index is -0.592. The smallest absolute Gasteiger partial charge is 0.222 e. The van der Waals surface area contributed by atoms with Gasteiger partial charge in [0.05, 0.1) is 12.6 Å². The van der Waals surface area contributed by atoms with Gasteiger partial charge in [-0.1, -0.05) is 43.7 Å². The van der Waals surface area contributed by atoms with Crippen molar-refractivity contribution in [3.05, 3.63) is 35.4 Å². The lowest BCUT2D eigenvalue weighted by atomic mass is 9.89. The van der Waals surface area contributed by atoms with Gasteiger partial charge >= 0.3 is 0 Å². The minimum absolute atomic E-state index is 0.185. The van der Waals surface area contributed by atoms with Crippen LogP contribution in [-0.2, 0) is 4.79 Å². The number of benzene rings is 1. The summed E-state index contributed by atoms with van der Waals surface area (Å²) in [7, 11) is 0. The Morgan fingerprint density at radius 3 is 2.52 bits per heavy atom. The first-order valence-corrected chi connectivity index (χ1v) is 7.99. The van der Waals surface area contributed by atoms with Crippen molar-refractivity contribution >= 4 is 5.91 Å². The van der Waals surface area contributed by atoms with Crippen LogP contribution < -0.4 is 0 Å². The summed E-state index contributed by atoms with van der Waals surface area (Å²) in [6, 6.07) is 7.88. The second kappa shape index (κ2) is 7.08. The number of rotatable bonds is 4. The zero-order chi connectivity index (χ0) is 15.4. The quantitative estimate of drug-likeness (QED) is 0.923. The number of likely N-dealkylation sites (tertiary alicyclic amines) is 1. The summed E-state index contributed by atoms with van der Waals surface area (Å²) >= 11 is 0. The zero-order valence-corrected chi connectivity index (χ0v) is 13.4. The molecule has 0 aromatic heterocycles. The Labute approximate surface area is 128 Å². The van der Waals surface area contributed by atoms with Gasteiger partial charge in [0.15, 0.2) is 0 Å². The number of carbonyl (C=O) groups excluding carboxylic acids is 1. The van der Waals surface area contributed by atoms with Crippen LogP contribution in [0.5, 0.6) is 0 Å². The summed E-state index contributed by atoms with van der Waals surface area (Å²) in [5, 5.41) is 10.4. The van der Waals surface area contributed by atoms with Crippen LogP contribution >= 0.6 is 0 Å². The molecule has 21 heavy (non-hydrogen) atoms. The van der Waals surface area contributed by atoms with Crippen LogP contribution in [0.1, 0.15) is 50.3 Å². The van der Waals surface area contributed by atoms with Gasteiger partial charge in [0.1, 0.15) is 0 Å². The summed E-state index contributed by atoms with van der Waals surface area (Å²) in [5.41, 5.74) is 2.06. The summed E-state index contributed by atoms with van der Waals surface area (Å²) in [5.74, 6) is 1.43. The number of aryl methyl sites for hydroxylation is 1. The van der Waals surface area contributed by atoms with Crippen LogP contribution in [0.4, 0.5) is 0 Å². The molecule has 1 amide bonds. The molecule has 1 N–H and O–H groups in total. The molecule has 3 nitrogen and oxygen atoms in total. The standard InChI is InChI=1S/C18H27NO2/c1-13(2)15-8-9-18(21)19(11-10-15)12-17(20)16-6-4-14(3)5-7-16/h4-7,13,15,17,20H,8-12H2,1-3H3. The summed E-state index contributed by atoms with van der Waals surface area (Å²) in [4.78, 5) is 14.1. The molecule has 0 spiro atoms. The van der Waals surface area contributed by atoms with E-state index in [2.05, 4.69) is 13.8 Å². The minimum Gasteiger partial charge on any atom is -0.387 e. The third kappa shape index (κ3) is 4.31. The lowest BCUT2D eigenvalue weighted by molar-refractivity contribution is -0.132. The average Bonchev–Trinajstić information content (AvgIpc) is 2.62. The van der Waals surface area contributed by atoms with E-state index in [9.17, 15) is 9.90 Å². The SMILES string of the molecule is Cc1ccc(C(O)CN2CCC(C(C)C)CCC2=O)cc1. The van der Waals surface area contributed by atoms with E-state index in [0.29, 0.717) is 24.8 Å². The highest BCUT2D eigenvalue weighted by molar-refractivity contribution is 5.76. The maximum atomic E-state index is 12.2. The molecule has 2 atom stereocenters. The maximum Gasteiger partial charge on any atom is 0.222 e. The predicted octanol–water partition coefficient (Wildman–Crippen LogP) is 3.31. The van der Waals surface area contributed by atoms with Crippen molar-refractivity contribution in [2.45, 2.75) is 46.1 Å². The van der Waals surface area contributed by atoms with Crippen LogP contribution in [0.15, 0.2) is 24.3 Å². The van der Waals surface area contributed by atoms with Crippen molar-refractivity contribution in [1.82, 2.24) is 4.90 Å². The summed E-state index contributed by atoms with van der Waals surface area (Å²) < 4.78 is 0. The van der Waals surface area contributed by atoms with Gasteiger partial charge in [-0.2, -0.15) is 0 Å². The van der Waals surface area contributed by atoms with Gasteiger partial charge in [0.2, 0.25) is 5.91 Å². The van der Waals surface area contributed by atoms with Crippen molar-refractivity contribution in [1.29, 1.82) is 0 Å². The van der Waals surface area contributed by atoms with Gasteiger partial charge in [0.25, 0.3) is 0 Å². The molecular weight excluding hydrogens is 262 g/mol. The molecule has 0 saturated carbocycles. The number of carbonyl (C=O) groups is 1. The highest BCUT2D eigenvalue weighted by atomic mass is 16.3. The Bertz CT molecular complexity index is 467. The second-order valence-electron chi connectivity index (χ2n) is 6.60. The number of hydrogen-bond donors (Lipinski definition) is 1. The van der Waals surface area contributed by atoms with E-state index in [0.717, 1.165) is 24.9 Å². The lowest BCUT2D eigenvalue weighted by Crippen LogP contribution is -2.34. The Balaban J connectivity index is 1.97. The fraction of sp³-hybridized carbons (Fsp3) is 0.611. The third-order valence-electron chi connectivity index (χ3n) is 4.65. The van der Waals surface area contributed by atoms with Crippen molar-refractivity contribution in [3.8, 4) is 0 Å². The fourth-order valence-electron chi connectivity index (χ4n) is 3.02. The first-order valence-electron chi connectivity index (χ1n) is 7.99. The van der Waals surface area contributed by atoms with E-state index in [1.165, 1.54) is 5.56 Å². The average molecular weight is 289 g/mol. The molecule has 2 rings (SSSR count). The Morgan fingerprint density at radius 1 is 1.24 bits per heavy atom. The van der Waals surface area contributed by atoms with E-state index in [4.69, 9.17) is 0 Å². The van der Waals surface area contributed by atoms with Crippen molar-refractivity contribution in [2.24, 2.45) is 11.8 Å². The number of nitrogens with zero attached hydrogens (tertiary/aromatic N) is 1. The topological polar surface area (TPSA) is 40.5 Å². The van der Waals surface area contributed by atoms with Crippen LogP contribution in [0.2, 0.25) is 0 Å². The molecule has 1 aromatic carbocycles. The number of aliphatic hydroxyl groups excluding tert-OH is 1. The summed E-state index contributed by atoms with van der Waals surface area (Å²) in [6.45, 7) is 7.66. The molecule has 3 heteroatoms. The zero-order valence-electron chi connectivity index (χ0n) is 13.4. The highest BCUT2D eigenvalue weighted by Gasteiger charge is 2.25. The van der Waals surface area contributed by atoms with Gasteiger partial charge in [-0.15, -0.1) is 0 Å². The second-order valence-corrected chi connectivity index (χ2v) is 6.60. The lowest BCUT2D eigenvalue weighted by Gasteiger charge is -2.24. The van der Waals surface area contributed by atoms with E-state index in [1.807, 2.05) is 36.1 Å². The Kier molecular flexibility index (Phi) is 5.40. The van der Waals surface area contributed by atoms with Crippen molar-refractivity contribution in [3.63, 3.8) is 0 Å². The van der Waals surface area contributed by atoms with Crippen LogP contribution in [0.25, 0.3) is 0 Å². The van der Waals surface area contributed by atoms with E-state index < -0.39 is 6.10 Å². The molecule has 1 aliphatic rings. The van der Waals surface area contributed by atoms with Gasteiger partial charge in [-0.25, -0.2) is 0 Å². The molecule has 0 aliphatic carbocycles. The normalized spacial score (nSPS) is 21.5. The molecular formula is C18H27NO2. The monoisotopic (exact) mass is 289 g/mol. The number of aliphatic hydroxyl groups is 1. The number of β-amino-alcohol motifs (C(OH)–C–C–N with tert-alkyl or cyclic N) is 1. The Morgan fingerprint density at radius 2 is 1.90 bits per heavy atom. The van der Waals surface area contributed by atoms with Crippen LogP contribution in [0, 0.1) is 18.8 Å². The largest absolute Gasteiger partial charge is 0.387 e. The third-order valence-corrected chi connectivity index (χ3v) is 4.65. The first kappa shape index (κ1) is 16.0. The molecule has 1 fully saturated rings. The fourth-order valence-corrected chi connectivity index (χ4v) is 3.02.